The standard InChI is InChI=1S/C16H24N2O3/c1-12-4-2-3-5-13(12)14(19)10-18-15(20)16(11-17)6-8-21-9-7-16/h2-5,14,19H,6-11,17H2,1H3,(H,18,20). The average Bonchev–Trinajstić information content (AvgIpc) is 2.53. The summed E-state index contributed by atoms with van der Waals surface area (Å²) in [4.78, 5) is 12.4. The van der Waals surface area contributed by atoms with Gasteiger partial charge in [-0.15, -0.1) is 0 Å². The van der Waals surface area contributed by atoms with Crippen LogP contribution in [-0.2, 0) is 9.53 Å². The molecule has 2 rings (SSSR count). The van der Waals surface area contributed by atoms with Crippen molar-refractivity contribution in [3.63, 3.8) is 0 Å². The number of amides is 1. The summed E-state index contributed by atoms with van der Waals surface area (Å²) < 4.78 is 5.30. The van der Waals surface area contributed by atoms with Gasteiger partial charge in [-0.05, 0) is 30.9 Å². The number of nitrogens with two attached hydrogens (primary N) is 1. The summed E-state index contributed by atoms with van der Waals surface area (Å²) in [5, 5.41) is 13.1. The highest BCUT2D eigenvalue weighted by atomic mass is 16.5. The van der Waals surface area contributed by atoms with Gasteiger partial charge in [-0.1, -0.05) is 24.3 Å². The molecule has 0 spiro atoms. The second-order valence-electron chi connectivity index (χ2n) is 5.68. The third-order valence-electron chi connectivity index (χ3n) is 4.33. The van der Waals surface area contributed by atoms with Crippen LogP contribution in [0.15, 0.2) is 24.3 Å². The number of carbonyl (C=O) groups excluding carboxylic acids is 1. The summed E-state index contributed by atoms with van der Waals surface area (Å²) >= 11 is 0. The van der Waals surface area contributed by atoms with Gasteiger partial charge in [0.2, 0.25) is 5.91 Å². The molecule has 0 aromatic heterocycles. The van der Waals surface area contributed by atoms with E-state index in [-0.39, 0.29) is 12.5 Å². The van der Waals surface area contributed by atoms with Crippen molar-refractivity contribution in [2.75, 3.05) is 26.3 Å². The van der Waals surface area contributed by atoms with Crippen molar-refractivity contribution in [2.24, 2.45) is 11.1 Å². The van der Waals surface area contributed by atoms with E-state index in [1.54, 1.807) is 0 Å². The molecule has 1 fully saturated rings. The Morgan fingerprint density at radius 2 is 2.10 bits per heavy atom. The highest BCUT2D eigenvalue weighted by Gasteiger charge is 2.38. The Bertz CT molecular complexity index is 484. The maximum Gasteiger partial charge on any atom is 0.227 e. The highest BCUT2D eigenvalue weighted by molar-refractivity contribution is 5.83. The number of aryl methyl sites for hydroxylation is 1. The predicted octanol–water partition coefficient (Wildman–Crippen LogP) is 0.900. The molecule has 1 atom stereocenters. The first-order chi connectivity index (χ1) is 10.1. The van der Waals surface area contributed by atoms with Crippen LogP contribution in [-0.4, -0.2) is 37.3 Å². The van der Waals surface area contributed by atoms with Crippen molar-refractivity contribution in [1.82, 2.24) is 5.32 Å². The maximum atomic E-state index is 12.4. The smallest absolute Gasteiger partial charge is 0.227 e. The molecule has 5 heteroatoms. The van der Waals surface area contributed by atoms with E-state index in [4.69, 9.17) is 10.5 Å². The normalized spacial score (nSPS) is 19.0. The van der Waals surface area contributed by atoms with Crippen LogP contribution in [0.25, 0.3) is 0 Å². The quantitative estimate of drug-likeness (QED) is 0.753. The van der Waals surface area contributed by atoms with Crippen molar-refractivity contribution in [1.29, 1.82) is 0 Å². The van der Waals surface area contributed by atoms with Crippen molar-refractivity contribution in [2.45, 2.75) is 25.9 Å². The molecular weight excluding hydrogens is 268 g/mol. The molecule has 21 heavy (non-hydrogen) atoms. The minimum absolute atomic E-state index is 0.0825. The summed E-state index contributed by atoms with van der Waals surface area (Å²) in [5.41, 5.74) is 7.10. The molecule has 0 aliphatic carbocycles. The van der Waals surface area contributed by atoms with E-state index in [2.05, 4.69) is 5.32 Å². The van der Waals surface area contributed by atoms with Crippen LogP contribution in [0.3, 0.4) is 0 Å². The second-order valence-corrected chi connectivity index (χ2v) is 5.68. The zero-order valence-electron chi connectivity index (χ0n) is 12.5. The number of nitrogens with one attached hydrogen (secondary N) is 1. The minimum atomic E-state index is -0.704. The van der Waals surface area contributed by atoms with Gasteiger partial charge in [-0.3, -0.25) is 4.79 Å². The fraction of sp³-hybridized carbons (Fsp3) is 0.562. The Morgan fingerprint density at radius 3 is 2.71 bits per heavy atom. The number of hydrogen-bond acceptors (Lipinski definition) is 4. The molecule has 0 radical (unpaired) electrons. The third kappa shape index (κ3) is 3.61. The van der Waals surface area contributed by atoms with E-state index in [9.17, 15) is 9.90 Å². The van der Waals surface area contributed by atoms with Crippen molar-refractivity contribution in [3.8, 4) is 0 Å². The van der Waals surface area contributed by atoms with Crippen LogP contribution in [0.2, 0.25) is 0 Å². The lowest BCUT2D eigenvalue weighted by Crippen LogP contribution is -2.49. The van der Waals surface area contributed by atoms with E-state index in [1.165, 1.54) is 0 Å². The zero-order chi connectivity index (χ0) is 15.3. The molecular formula is C16H24N2O3. The van der Waals surface area contributed by atoms with Gasteiger partial charge in [-0.25, -0.2) is 0 Å². The molecule has 5 nitrogen and oxygen atoms in total. The van der Waals surface area contributed by atoms with Crippen LogP contribution in [0.5, 0.6) is 0 Å². The van der Waals surface area contributed by atoms with E-state index in [1.807, 2.05) is 31.2 Å². The molecule has 1 aliphatic heterocycles. The number of aliphatic hydroxyl groups excluding tert-OH is 1. The van der Waals surface area contributed by atoms with Gasteiger partial charge >= 0.3 is 0 Å². The molecule has 1 amide bonds. The minimum Gasteiger partial charge on any atom is -0.387 e. The second kappa shape index (κ2) is 7.02. The molecule has 1 aromatic carbocycles. The molecule has 1 heterocycles. The summed E-state index contributed by atoms with van der Waals surface area (Å²) in [7, 11) is 0. The number of aliphatic hydroxyl groups is 1. The Balaban J connectivity index is 1.95. The van der Waals surface area contributed by atoms with Crippen LogP contribution in [0.4, 0.5) is 0 Å². The SMILES string of the molecule is Cc1ccccc1C(O)CNC(=O)C1(CN)CCOCC1. The van der Waals surface area contributed by atoms with Crippen LogP contribution >= 0.6 is 0 Å². The summed E-state index contributed by atoms with van der Waals surface area (Å²) in [5.74, 6) is -0.0825. The summed E-state index contributed by atoms with van der Waals surface area (Å²) in [6.07, 6.45) is 0.566. The molecule has 1 unspecified atom stereocenters. The van der Waals surface area contributed by atoms with Crippen LogP contribution in [0.1, 0.15) is 30.1 Å². The molecule has 1 saturated heterocycles. The molecule has 0 saturated carbocycles. The average molecular weight is 292 g/mol. The molecule has 4 N–H and O–H groups in total. The van der Waals surface area contributed by atoms with Gasteiger partial charge in [0.05, 0.1) is 11.5 Å². The first-order valence-electron chi connectivity index (χ1n) is 7.39. The van der Waals surface area contributed by atoms with Gasteiger partial charge in [0.15, 0.2) is 0 Å². The molecule has 1 aromatic rings. The number of benzene rings is 1. The largest absolute Gasteiger partial charge is 0.387 e. The zero-order valence-corrected chi connectivity index (χ0v) is 12.5. The van der Waals surface area contributed by atoms with Crippen molar-refractivity contribution in [3.05, 3.63) is 35.4 Å². The molecule has 0 bridgehead atoms. The lowest BCUT2D eigenvalue weighted by Gasteiger charge is -2.34. The Labute approximate surface area is 125 Å². The van der Waals surface area contributed by atoms with E-state index < -0.39 is 11.5 Å². The molecule has 116 valence electrons. The fourth-order valence-corrected chi connectivity index (χ4v) is 2.73. The van der Waals surface area contributed by atoms with Gasteiger partial charge in [0.1, 0.15) is 0 Å². The summed E-state index contributed by atoms with van der Waals surface area (Å²) in [6, 6.07) is 7.63. The fourth-order valence-electron chi connectivity index (χ4n) is 2.73. The third-order valence-corrected chi connectivity index (χ3v) is 4.33. The van der Waals surface area contributed by atoms with E-state index in [0.29, 0.717) is 32.6 Å². The lowest BCUT2D eigenvalue weighted by molar-refractivity contribution is -0.136. The van der Waals surface area contributed by atoms with Crippen molar-refractivity contribution >= 4 is 5.91 Å². The number of carbonyl (C=O) groups is 1. The number of hydrogen-bond donors (Lipinski definition) is 3. The van der Waals surface area contributed by atoms with Gasteiger partial charge < -0.3 is 20.9 Å². The Kier molecular flexibility index (Phi) is 5.33. The monoisotopic (exact) mass is 292 g/mol. The number of ether oxygens (including phenoxy) is 1. The van der Waals surface area contributed by atoms with Gasteiger partial charge in [0, 0.05) is 26.3 Å². The van der Waals surface area contributed by atoms with Gasteiger partial charge in [0.25, 0.3) is 0 Å². The Morgan fingerprint density at radius 1 is 1.43 bits per heavy atom. The van der Waals surface area contributed by atoms with E-state index in [0.717, 1.165) is 11.1 Å². The van der Waals surface area contributed by atoms with Crippen LogP contribution < -0.4 is 11.1 Å². The summed E-state index contributed by atoms with van der Waals surface area (Å²) in [6.45, 7) is 3.57. The van der Waals surface area contributed by atoms with Crippen LogP contribution in [0, 0.1) is 12.3 Å². The van der Waals surface area contributed by atoms with E-state index >= 15 is 0 Å². The maximum absolute atomic E-state index is 12.4. The first-order valence-corrected chi connectivity index (χ1v) is 7.39. The molecule has 1 aliphatic rings. The van der Waals surface area contributed by atoms with Gasteiger partial charge in [-0.2, -0.15) is 0 Å². The number of rotatable bonds is 5. The topological polar surface area (TPSA) is 84.6 Å². The highest BCUT2D eigenvalue weighted by Crippen LogP contribution is 2.29. The lowest BCUT2D eigenvalue weighted by atomic mass is 9.79. The predicted molar refractivity (Wildman–Crippen MR) is 80.7 cm³/mol. The first kappa shape index (κ1) is 15.9. The Hall–Kier alpha value is -1.43. The van der Waals surface area contributed by atoms with Crippen molar-refractivity contribution < 1.29 is 14.6 Å².